The molecule has 0 amide bonds. The van der Waals surface area contributed by atoms with Gasteiger partial charge in [0.05, 0.1) is 5.88 Å². The van der Waals surface area contributed by atoms with E-state index in [0.29, 0.717) is 12.4 Å². The first-order valence-electron chi connectivity index (χ1n) is 4.62. The molecule has 0 saturated heterocycles. The largest absolute Gasteiger partial charge is 0.290 e. The number of halogens is 2. The molecule has 6 heteroatoms. The summed E-state index contributed by atoms with van der Waals surface area (Å²) in [6.45, 7) is 0.644. The van der Waals surface area contributed by atoms with Crippen LogP contribution < -0.4 is 0 Å². The average molecular weight is 271 g/mol. The van der Waals surface area contributed by atoms with Crippen molar-refractivity contribution in [2.45, 2.75) is 5.37 Å². The van der Waals surface area contributed by atoms with E-state index in [4.69, 9.17) is 23.2 Å². The van der Waals surface area contributed by atoms with Gasteiger partial charge >= 0.3 is 0 Å². The smallest absolute Gasteiger partial charge is 0.100 e. The molecule has 0 aromatic carbocycles. The molecule has 0 aromatic rings. The third-order valence-electron chi connectivity index (χ3n) is 2.55. The lowest BCUT2D eigenvalue weighted by Gasteiger charge is -2.41. The van der Waals surface area contributed by atoms with E-state index in [1.807, 2.05) is 11.9 Å². The van der Waals surface area contributed by atoms with Crippen molar-refractivity contribution in [3.05, 3.63) is 11.5 Å². The van der Waals surface area contributed by atoms with Crippen molar-refractivity contribution in [1.29, 1.82) is 0 Å². The summed E-state index contributed by atoms with van der Waals surface area (Å²) < 4.78 is 16.9. The second kappa shape index (κ2) is 4.53. The second-order valence-corrected chi connectivity index (χ2v) is 8.38. The Morgan fingerprint density at radius 2 is 2.20 bits per heavy atom. The minimum absolute atomic E-state index is 0.275. The van der Waals surface area contributed by atoms with Crippen molar-refractivity contribution in [1.82, 2.24) is 4.90 Å². The van der Waals surface area contributed by atoms with Gasteiger partial charge < -0.3 is 0 Å². The molecule has 88 valence electrons. The lowest BCUT2D eigenvalue weighted by atomic mass is 10.6. The molecule has 1 heterocycles. The standard InChI is InChI=1S/C9H16Cl2N2OS/c1-13(6-4-10)9(8-11)15(2,14)7-3-5-12-15/h3,5,7,9H,4,6,8H2,1-2H3. The van der Waals surface area contributed by atoms with Gasteiger partial charge in [0.25, 0.3) is 0 Å². The molecule has 1 atom stereocenters. The molecule has 0 aromatic heterocycles. The van der Waals surface area contributed by atoms with Crippen LogP contribution in [0.2, 0.25) is 0 Å². The quantitative estimate of drug-likeness (QED) is 0.713. The molecule has 1 unspecified atom stereocenters. The van der Waals surface area contributed by atoms with Gasteiger partial charge in [-0.3, -0.25) is 9.11 Å². The molecule has 0 radical (unpaired) electrons. The van der Waals surface area contributed by atoms with E-state index in [9.17, 15) is 4.21 Å². The highest BCUT2D eigenvalue weighted by molar-refractivity contribution is 8.21. The van der Waals surface area contributed by atoms with Crippen molar-refractivity contribution >= 4 is 38.7 Å². The van der Waals surface area contributed by atoms with Crippen LogP contribution in [0.1, 0.15) is 0 Å². The van der Waals surface area contributed by atoms with Crippen LogP contribution in [0.5, 0.6) is 0 Å². The molecule has 0 N–H and O–H groups in total. The van der Waals surface area contributed by atoms with Crippen LogP contribution in [0.3, 0.4) is 0 Å². The Labute approximate surface area is 101 Å². The van der Waals surface area contributed by atoms with Crippen LogP contribution in [-0.2, 0) is 9.25 Å². The van der Waals surface area contributed by atoms with Gasteiger partial charge in [-0.1, -0.05) is 0 Å². The van der Waals surface area contributed by atoms with Gasteiger partial charge in [-0.15, -0.1) is 23.2 Å². The maximum atomic E-state index is 12.8. The fourth-order valence-corrected chi connectivity index (χ4v) is 5.54. The predicted molar refractivity (Wildman–Crippen MR) is 69.6 cm³/mol. The Bertz CT molecular complexity index is 338. The lowest BCUT2D eigenvalue weighted by molar-refractivity contribution is 0.339. The third kappa shape index (κ3) is 2.61. The van der Waals surface area contributed by atoms with Gasteiger partial charge in [0.1, 0.15) is 5.37 Å². The average Bonchev–Trinajstić information content (AvgIpc) is 2.49. The highest BCUT2D eigenvalue weighted by Gasteiger charge is 2.40. The Balaban J connectivity index is 2.97. The maximum absolute atomic E-state index is 12.8. The SMILES string of the molecule is CN(CCCl)C(CCl)S1(C)(=O)C=CC=N1. The lowest BCUT2D eigenvalue weighted by Crippen LogP contribution is -2.50. The zero-order chi connectivity index (χ0) is 11.6. The molecule has 0 bridgehead atoms. The Morgan fingerprint density at radius 1 is 1.53 bits per heavy atom. The van der Waals surface area contributed by atoms with Crippen molar-refractivity contribution in [2.75, 3.05) is 31.6 Å². The number of rotatable bonds is 5. The van der Waals surface area contributed by atoms with E-state index < -0.39 is 9.25 Å². The third-order valence-corrected chi connectivity index (χ3v) is 6.53. The van der Waals surface area contributed by atoms with Crippen LogP contribution in [0.25, 0.3) is 0 Å². The Hall–Kier alpha value is 0.1000. The first-order valence-corrected chi connectivity index (χ1v) is 8.15. The zero-order valence-electron chi connectivity index (χ0n) is 8.90. The predicted octanol–water partition coefficient (Wildman–Crippen LogP) is 1.68. The first-order chi connectivity index (χ1) is 6.93. The minimum Gasteiger partial charge on any atom is -0.290 e. The summed E-state index contributed by atoms with van der Waals surface area (Å²) in [4.78, 5) is 1.90. The van der Waals surface area contributed by atoms with Crippen molar-refractivity contribution in [2.24, 2.45) is 4.40 Å². The molecule has 1 aliphatic heterocycles. The van der Waals surface area contributed by atoms with Crippen LogP contribution >= 0.6 is 23.2 Å². The molecule has 3 nitrogen and oxygen atoms in total. The monoisotopic (exact) mass is 270 g/mol. The summed E-state index contributed by atoms with van der Waals surface area (Å²) in [5.74, 6) is 0.761. The molecule has 0 aliphatic carbocycles. The van der Waals surface area contributed by atoms with Crippen LogP contribution in [0, 0.1) is 0 Å². The summed E-state index contributed by atoms with van der Waals surface area (Å²) in [6.07, 6.45) is 4.95. The first kappa shape index (κ1) is 13.2. The van der Waals surface area contributed by atoms with Gasteiger partial charge in [-0.25, -0.2) is 4.40 Å². The normalized spacial score (nSPS) is 26.3. The molecule has 15 heavy (non-hydrogen) atoms. The molecular weight excluding hydrogens is 255 g/mol. The maximum Gasteiger partial charge on any atom is 0.100 e. The fraction of sp³-hybridized carbons (Fsp3) is 0.667. The summed E-state index contributed by atoms with van der Waals surface area (Å²) in [7, 11) is -1.29. The molecule has 1 rings (SSSR count). The zero-order valence-corrected chi connectivity index (χ0v) is 11.2. The van der Waals surface area contributed by atoms with Crippen LogP contribution in [0.15, 0.2) is 15.9 Å². The number of hydrogen-bond acceptors (Lipinski definition) is 2. The van der Waals surface area contributed by atoms with Crippen molar-refractivity contribution < 1.29 is 4.21 Å². The highest BCUT2D eigenvalue weighted by Crippen LogP contribution is 2.36. The number of hydrogen-bond donors (Lipinski definition) is 0. The fourth-order valence-electron chi connectivity index (χ4n) is 1.60. The number of alkyl halides is 2. The minimum atomic E-state index is -3.15. The van der Waals surface area contributed by atoms with Gasteiger partial charge in [0, 0.05) is 39.6 Å². The van der Waals surface area contributed by atoms with Gasteiger partial charge in [0.15, 0.2) is 0 Å². The molecule has 1 aliphatic rings. The van der Waals surface area contributed by atoms with Gasteiger partial charge in [0.2, 0.25) is 0 Å². The van der Waals surface area contributed by atoms with Gasteiger partial charge in [-0.2, -0.15) is 0 Å². The Morgan fingerprint density at radius 3 is 2.60 bits per heavy atom. The van der Waals surface area contributed by atoms with Crippen LogP contribution in [0.4, 0.5) is 0 Å². The Kier molecular flexibility index (Phi) is 3.98. The van der Waals surface area contributed by atoms with E-state index in [-0.39, 0.29) is 11.3 Å². The summed E-state index contributed by atoms with van der Waals surface area (Å²) in [6, 6.07) is 0. The molecule has 0 saturated carbocycles. The second-order valence-electron chi connectivity index (χ2n) is 3.80. The molecule has 0 fully saturated rings. The topological polar surface area (TPSA) is 32.7 Å². The highest BCUT2D eigenvalue weighted by atomic mass is 35.5. The van der Waals surface area contributed by atoms with E-state index in [0.717, 1.165) is 0 Å². The van der Waals surface area contributed by atoms with E-state index in [1.165, 1.54) is 0 Å². The van der Waals surface area contributed by atoms with Gasteiger partial charge in [-0.05, 0) is 13.1 Å². The van der Waals surface area contributed by atoms with Crippen molar-refractivity contribution in [3.8, 4) is 0 Å². The van der Waals surface area contributed by atoms with Crippen molar-refractivity contribution in [3.63, 3.8) is 0 Å². The van der Waals surface area contributed by atoms with E-state index in [2.05, 4.69) is 4.40 Å². The molecule has 0 spiro atoms. The summed E-state index contributed by atoms with van der Waals surface area (Å²) >= 11 is 11.6. The number of allylic oxidation sites excluding steroid dienone is 1. The summed E-state index contributed by atoms with van der Waals surface area (Å²) in [5.41, 5.74) is 0. The number of nitrogens with zero attached hydrogens (tertiary/aromatic N) is 2. The van der Waals surface area contributed by atoms with E-state index in [1.54, 1.807) is 24.0 Å². The summed E-state index contributed by atoms with van der Waals surface area (Å²) in [5, 5.41) is 1.37. The molecular formula is C9H16Cl2N2OS. The van der Waals surface area contributed by atoms with E-state index >= 15 is 0 Å². The van der Waals surface area contributed by atoms with Crippen LogP contribution in [-0.4, -0.2) is 52.3 Å².